The summed E-state index contributed by atoms with van der Waals surface area (Å²) >= 11 is 0. The van der Waals surface area contributed by atoms with Gasteiger partial charge in [0.25, 0.3) is 0 Å². The van der Waals surface area contributed by atoms with Crippen molar-refractivity contribution >= 4 is 23.4 Å². The highest BCUT2D eigenvalue weighted by molar-refractivity contribution is 6.32. The van der Waals surface area contributed by atoms with E-state index >= 15 is 0 Å². The van der Waals surface area contributed by atoms with Crippen molar-refractivity contribution in [1.29, 1.82) is 0 Å². The molecule has 0 atom stereocenters. The molecule has 4 rings (SSSR count). The first kappa shape index (κ1) is 21.1. The Labute approximate surface area is 186 Å². The van der Waals surface area contributed by atoms with Crippen molar-refractivity contribution in [2.45, 2.75) is 6.92 Å². The molecule has 0 saturated carbocycles. The van der Waals surface area contributed by atoms with Gasteiger partial charge in [-0.05, 0) is 66.1 Å². The summed E-state index contributed by atoms with van der Waals surface area (Å²) in [6, 6.07) is 21.6. The van der Waals surface area contributed by atoms with Crippen LogP contribution in [-0.2, 0) is 9.53 Å². The molecule has 0 fully saturated rings. The van der Waals surface area contributed by atoms with E-state index in [0.717, 1.165) is 11.1 Å². The summed E-state index contributed by atoms with van der Waals surface area (Å²) < 4.78 is 16.0. The summed E-state index contributed by atoms with van der Waals surface area (Å²) in [7, 11) is 3.14. The Morgan fingerprint density at radius 2 is 1.44 bits per heavy atom. The van der Waals surface area contributed by atoms with E-state index in [1.807, 2.05) is 43.3 Å². The number of methoxy groups -OCH3 is 2. The molecular weight excluding hydrogens is 404 g/mol. The molecule has 0 N–H and O–H groups in total. The Balaban J connectivity index is 1.88. The van der Waals surface area contributed by atoms with E-state index in [1.54, 1.807) is 56.7 Å². The smallest absolute Gasteiger partial charge is 0.348 e. The zero-order valence-electron chi connectivity index (χ0n) is 18.0. The number of hydrogen-bond acceptors (Lipinski definition) is 5. The number of benzene rings is 3. The molecule has 0 spiro atoms. The molecular formula is C27H22O5. The fourth-order valence-electron chi connectivity index (χ4n) is 3.56. The number of esters is 1. The average Bonchev–Trinajstić information content (AvgIpc) is 3.15. The zero-order valence-corrected chi connectivity index (χ0v) is 18.0. The van der Waals surface area contributed by atoms with Gasteiger partial charge in [-0.25, -0.2) is 4.79 Å². The van der Waals surface area contributed by atoms with Crippen LogP contribution >= 0.6 is 0 Å². The van der Waals surface area contributed by atoms with Crippen molar-refractivity contribution in [3.05, 3.63) is 106 Å². The van der Waals surface area contributed by atoms with Gasteiger partial charge >= 0.3 is 5.97 Å². The molecule has 0 radical (unpaired) electrons. The number of carbonyl (C=O) groups excluding carboxylic acids is 2. The molecule has 0 aliphatic carbocycles. The van der Waals surface area contributed by atoms with E-state index in [2.05, 4.69) is 0 Å². The lowest BCUT2D eigenvalue weighted by atomic mass is 9.93. The molecule has 5 nitrogen and oxygen atoms in total. The molecule has 5 heteroatoms. The molecule has 32 heavy (non-hydrogen) atoms. The number of ether oxygens (including phenoxy) is 3. The number of cyclic esters (lactones) is 1. The Hall–Kier alpha value is -4.12. The van der Waals surface area contributed by atoms with Crippen molar-refractivity contribution < 1.29 is 23.8 Å². The van der Waals surface area contributed by atoms with Gasteiger partial charge in [0, 0.05) is 11.1 Å². The highest BCUT2D eigenvalue weighted by Gasteiger charge is 2.36. The summed E-state index contributed by atoms with van der Waals surface area (Å²) in [5.41, 5.74) is 3.45. The molecule has 3 aromatic carbocycles. The Morgan fingerprint density at radius 1 is 0.844 bits per heavy atom. The first-order chi connectivity index (χ1) is 15.5. The molecule has 3 aromatic rings. The fourth-order valence-corrected chi connectivity index (χ4v) is 3.56. The van der Waals surface area contributed by atoms with Crippen LogP contribution in [0.4, 0.5) is 0 Å². The number of allylic oxidation sites excluding steroid dienone is 1. The summed E-state index contributed by atoms with van der Waals surface area (Å²) in [6.07, 6.45) is 1.79. The lowest BCUT2D eigenvalue weighted by Crippen LogP contribution is -2.11. The van der Waals surface area contributed by atoms with E-state index in [9.17, 15) is 9.59 Å². The SMILES string of the molecule is COc1ccc(C(=O)C2=C(c3ccc(OC)cc3)/C(=C/c3ccccc3C)OC2=O)cc1. The minimum Gasteiger partial charge on any atom is -0.497 e. The molecule has 0 bridgehead atoms. The quantitative estimate of drug-likeness (QED) is 0.306. The second kappa shape index (κ2) is 8.94. The van der Waals surface area contributed by atoms with Gasteiger partial charge in [-0.2, -0.15) is 0 Å². The van der Waals surface area contributed by atoms with Crippen LogP contribution in [0.5, 0.6) is 11.5 Å². The van der Waals surface area contributed by atoms with Gasteiger partial charge in [-0.1, -0.05) is 36.4 Å². The fraction of sp³-hybridized carbons (Fsp3) is 0.111. The predicted octanol–water partition coefficient (Wildman–Crippen LogP) is 5.25. The maximum Gasteiger partial charge on any atom is 0.348 e. The third-order valence-electron chi connectivity index (χ3n) is 5.34. The van der Waals surface area contributed by atoms with Gasteiger partial charge in [0.2, 0.25) is 5.78 Å². The normalized spacial score (nSPS) is 14.5. The van der Waals surface area contributed by atoms with Crippen LogP contribution in [-0.4, -0.2) is 26.0 Å². The lowest BCUT2D eigenvalue weighted by molar-refractivity contribution is -0.132. The Bertz CT molecular complexity index is 1230. The number of ketones is 1. The van der Waals surface area contributed by atoms with Crippen molar-refractivity contribution in [2.24, 2.45) is 0 Å². The van der Waals surface area contributed by atoms with Crippen LogP contribution in [0.2, 0.25) is 0 Å². The van der Waals surface area contributed by atoms with Gasteiger partial charge in [0.1, 0.15) is 22.8 Å². The monoisotopic (exact) mass is 426 g/mol. The molecule has 0 amide bonds. The van der Waals surface area contributed by atoms with E-state index in [1.165, 1.54) is 0 Å². The number of aryl methyl sites for hydroxylation is 1. The molecule has 1 aliphatic rings. The standard InChI is InChI=1S/C27H22O5/c1-17-6-4-5-7-20(17)16-23-24(18-8-12-21(30-2)13-9-18)25(27(29)32-23)26(28)19-10-14-22(31-3)15-11-19/h4-16H,1-3H3/b23-16-. The largest absolute Gasteiger partial charge is 0.497 e. The van der Waals surface area contributed by atoms with E-state index < -0.39 is 11.8 Å². The van der Waals surface area contributed by atoms with Gasteiger partial charge in [-0.3, -0.25) is 4.79 Å². The average molecular weight is 426 g/mol. The number of rotatable bonds is 6. The molecule has 0 aromatic heterocycles. The number of carbonyl (C=O) groups is 2. The number of hydrogen-bond donors (Lipinski definition) is 0. The van der Waals surface area contributed by atoms with Crippen LogP contribution in [0.15, 0.2) is 84.1 Å². The van der Waals surface area contributed by atoms with E-state index in [-0.39, 0.29) is 5.57 Å². The van der Waals surface area contributed by atoms with E-state index in [0.29, 0.717) is 34.0 Å². The van der Waals surface area contributed by atoms with Crippen LogP contribution in [0.1, 0.15) is 27.0 Å². The second-order valence-electron chi connectivity index (χ2n) is 7.29. The van der Waals surface area contributed by atoms with Crippen molar-refractivity contribution in [3.8, 4) is 11.5 Å². The van der Waals surface area contributed by atoms with Gasteiger partial charge in [0.15, 0.2) is 0 Å². The van der Waals surface area contributed by atoms with Crippen molar-refractivity contribution in [3.63, 3.8) is 0 Å². The number of Topliss-reactive ketones (excluding diaryl/α,β-unsaturated/α-hetero) is 1. The van der Waals surface area contributed by atoms with Crippen molar-refractivity contribution in [1.82, 2.24) is 0 Å². The molecule has 160 valence electrons. The topological polar surface area (TPSA) is 61.8 Å². The van der Waals surface area contributed by atoms with Crippen LogP contribution < -0.4 is 9.47 Å². The predicted molar refractivity (Wildman–Crippen MR) is 122 cm³/mol. The summed E-state index contributed by atoms with van der Waals surface area (Å²) in [6.45, 7) is 1.98. The van der Waals surface area contributed by atoms with Gasteiger partial charge < -0.3 is 14.2 Å². The third kappa shape index (κ3) is 4.05. The van der Waals surface area contributed by atoms with Crippen molar-refractivity contribution in [2.75, 3.05) is 14.2 Å². The first-order valence-electron chi connectivity index (χ1n) is 10.1. The maximum absolute atomic E-state index is 13.4. The maximum atomic E-state index is 13.4. The highest BCUT2D eigenvalue weighted by Crippen LogP contribution is 2.38. The van der Waals surface area contributed by atoms with Crippen LogP contribution in [0.25, 0.3) is 11.6 Å². The van der Waals surface area contributed by atoms with Crippen LogP contribution in [0, 0.1) is 6.92 Å². The molecule has 0 saturated heterocycles. The van der Waals surface area contributed by atoms with Gasteiger partial charge in [0.05, 0.1) is 14.2 Å². The highest BCUT2D eigenvalue weighted by atomic mass is 16.5. The van der Waals surface area contributed by atoms with Gasteiger partial charge in [-0.15, -0.1) is 0 Å². The minimum absolute atomic E-state index is 0.000155. The lowest BCUT2D eigenvalue weighted by Gasteiger charge is -2.08. The first-order valence-corrected chi connectivity index (χ1v) is 10.1. The molecule has 0 unspecified atom stereocenters. The van der Waals surface area contributed by atoms with Crippen LogP contribution in [0.3, 0.4) is 0 Å². The Morgan fingerprint density at radius 3 is 2.03 bits per heavy atom. The third-order valence-corrected chi connectivity index (χ3v) is 5.34. The second-order valence-corrected chi connectivity index (χ2v) is 7.29. The summed E-state index contributed by atoms with van der Waals surface area (Å²) in [5, 5.41) is 0. The Kier molecular flexibility index (Phi) is 5.90. The molecule has 1 heterocycles. The minimum atomic E-state index is -0.670. The summed E-state index contributed by atoms with van der Waals surface area (Å²) in [5.74, 6) is 0.562. The zero-order chi connectivity index (χ0) is 22.7. The summed E-state index contributed by atoms with van der Waals surface area (Å²) in [4.78, 5) is 26.3. The van der Waals surface area contributed by atoms with E-state index in [4.69, 9.17) is 14.2 Å². The molecule has 1 aliphatic heterocycles.